The van der Waals surface area contributed by atoms with E-state index in [0.717, 1.165) is 44.1 Å². The van der Waals surface area contributed by atoms with Crippen LogP contribution in [0.2, 0.25) is 0 Å². The topological polar surface area (TPSA) is 64.3 Å². The Balaban J connectivity index is 2.22. The Labute approximate surface area is 89.3 Å². The van der Waals surface area contributed by atoms with Crippen molar-refractivity contribution in [2.24, 2.45) is 0 Å². The summed E-state index contributed by atoms with van der Waals surface area (Å²) in [7, 11) is 0. The van der Waals surface area contributed by atoms with E-state index in [1.165, 1.54) is 0 Å². The van der Waals surface area contributed by atoms with E-state index in [9.17, 15) is 0 Å². The molecule has 0 saturated carbocycles. The molecule has 1 fully saturated rings. The minimum atomic E-state index is 0.334. The molecule has 1 aromatic rings. The zero-order valence-electron chi connectivity index (χ0n) is 8.94. The van der Waals surface area contributed by atoms with Gasteiger partial charge < -0.3 is 15.4 Å². The van der Waals surface area contributed by atoms with Gasteiger partial charge in [-0.15, -0.1) is 0 Å². The number of hydrogen-bond donors (Lipinski definition) is 1. The van der Waals surface area contributed by atoms with Crippen LogP contribution in [-0.2, 0) is 4.74 Å². The second-order valence-corrected chi connectivity index (χ2v) is 3.69. The Morgan fingerprint density at radius 3 is 3.13 bits per heavy atom. The van der Waals surface area contributed by atoms with Crippen LogP contribution < -0.4 is 10.6 Å². The predicted molar refractivity (Wildman–Crippen MR) is 58.8 cm³/mol. The SMILES string of the molecule is Cc1cnc(N)nc1N1CCCOCC1. The lowest BCUT2D eigenvalue weighted by molar-refractivity contribution is 0.152. The number of nitrogens with zero attached hydrogens (tertiary/aromatic N) is 3. The minimum Gasteiger partial charge on any atom is -0.380 e. The van der Waals surface area contributed by atoms with Gasteiger partial charge in [-0.05, 0) is 13.3 Å². The first kappa shape index (κ1) is 10.2. The first-order chi connectivity index (χ1) is 7.27. The number of aromatic nitrogens is 2. The first-order valence-corrected chi connectivity index (χ1v) is 5.19. The van der Waals surface area contributed by atoms with Crippen LogP contribution in [-0.4, -0.2) is 36.3 Å². The zero-order chi connectivity index (χ0) is 10.7. The maximum Gasteiger partial charge on any atom is 0.221 e. The van der Waals surface area contributed by atoms with Crippen molar-refractivity contribution in [3.8, 4) is 0 Å². The summed E-state index contributed by atoms with van der Waals surface area (Å²) in [6.07, 6.45) is 2.80. The van der Waals surface area contributed by atoms with Gasteiger partial charge >= 0.3 is 0 Å². The van der Waals surface area contributed by atoms with Gasteiger partial charge in [0.1, 0.15) is 5.82 Å². The number of nitrogen functional groups attached to an aromatic ring is 1. The highest BCUT2D eigenvalue weighted by Gasteiger charge is 2.13. The molecule has 0 radical (unpaired) electrons. The van der Waals surface area contributed by atoms with E-state index in [4.69, 9.17) is 10.5 Å². The van der Waals surface area contributed by atoms with Crippen LogP contribution >= 0.6 is 0 Å². The summed E-state index contributed by atoms with van der Waals surface area (Å²) < 4.78 is 5.40. The van der Waals surface area contributed by atoms with Gasteiger partial charge in [0.25, 0.3) is 0 Å². The Morgan fingerprint density at radius 1 is 1.40 bits per heavy atom. The summed E-state index contributed by atoms with van der Waals surface area (Å²) in [5.41, 5.74) is 6.65. The second kappa shape index (κ2) is 4.44. The predicted octanol–water partition coefficient (Wildman–Crippen LogP) is 0.594. The fraction of sp³-hybridized carbons (Fsp3) is 0.600. The summed E-state index contributed by atoms with van der Waals surface area (Å²) >= 11 is 0. The Kier molecular flexibility index (Phi) is 3.01. The van der Waals surface area contributed by atoms with Crippen molar-refractivity contribution in [1.82, 2.24) is 9.97 Å². The molecule has 0 unspecified atom stereocenters. The highest BCUT2D eigenvalue weighted by Crippen LogP contribution is 2.18. The number of rotatable bonds is 1. The van der Waals surface area contributed by atoms with Gasteiger partial charge in [-0.25, -0.2) is 4.98 Å². The van der Waals surface area contributed by atoms with Gasteiger partial charge in [-0.1, -0.05) is 0 Å². The molecule has 1 aliphatic heterocycles. The van der Waals surface area contributed by atoms with Gasteiger partial charge in [-0.3, -0.25) is 0 Å². The van der Waals surface area contributed by atoms with Crippen molar-refractivity contribution in [3.63, 3.8) is 0 Å². The van der Waals surface area contributed by atoms with Crippen LogP contribution in [0, 0.1) is 6.92 Å². The van der Waals surface area contributed by atoms with Crippen molar-refractivity contribution in [3.05, 3.63) is 11.8 Å². The summed E-state index contributed by atoms with van der Waals surface area (Å²) in [4.78, 5) is 10.5. The van der Waals surface area contributed by atoms with E-state index < -0.39 is 0 Å². The normalized spacial score (nSPS) is 17.5. The lowest BCUT2D eigenvalue weighted by Crippen LogP contribution is -2.28. The van der Waals surface area contributed by atoms with Crippen LogP contribution in [0.15, 0.2) is 6.20 Å². The summed E-state index contributed by atoms with van der Waals surface area (Å²) in [5.74, 6) is 1.27. The molecule has 1 aliphatic rings. The van der Waals surface area contributed by atoms with E-state index >= 15 is 0 Å². The standard InChI is InChI=1S/C10H16N4O/c1-8-7-12-10(11)13-9(8)14-3-2-5-15-6-4-14/h7H,2-6H2,1H3,(H2,11,12,13). The van der Waals surface area contributed by atoms with Gasteiger partial charge in [0, 0.05) is 31.5 Å². The molecule has 1 aromatic heterocycles. The van der Waals surface area contributed by atoms with E-state index in [0.29, 0.717) is 5.95 Å². The number of nitrogens with two attached hydrogens (primary N) is 1. The highest BCUT2D eigenvalue weighted by molar-refractivity contribution is 5.47. The lowest BCUT2D eigenvalue weighted by Gasteiger charge is -2.22. The Bertz CT molecular complexity index is 334. The fourth-order valence-electron chi connectivity index (χ4n) is 1.72. The monoisotopic (exact) mass is 208 g/mol. The van der Waals surface area contributed by atoms with Crippen molar-refractivity contribution >= 4 is 11.8 Å². The smallest absolute Gasteiger partial charge is 0.221 e. The van der Waals surface area contributed by atoms with Crippen LogP contribution in [0.4, 0.5) is 11.8 Å². The zero-order valence-corrected chi connectivity index (χ0v) is 8.94. The van der Waals surface area contributed by atoms with Gasteiger partial charge in [0.15, 0.2) is 0 Å². The molecule has 2 rings (SSSR count). The average Bonchev–Trinajstić information content (AvgIpc) is 2.50. The molecule has 0 aliphatic carbocycles. The van der Waals surface area contributed by atoms with Crippen molar-refractivity contribution in [1.29, 1.82) is 0 Å². The molecule has 82 valence electrons. The molecule has 0 spiro atoms. The quantitative estimate of drug-likeness (QED) is 0.732. The summed E-state index contributed by atoms with van der Waals surface area (Å²) in [5, 5.41) is 0. The molecule has 2 N–H and O–H groups in total. The van der Waals surface area contributed by atoms with Crippen LogP contribution in [0.5, 0.6) is 0 Å². The highest BCUT2D eigenvalue weighted by atomic mass is 16.5. The molecule has 5 nitrogen and oxygen atoms in total. The molecule has 1 saturated heterocycles. The van der Waals surface area contributed by atoms with Crippen molar-refractivity contribution in [2.75, 3.05) is 36.9 Å². The molecule has 0 bridgehead atoms. The van der Waals surface area contributed by atoms with Crippen LogP contribution in [0.1, 0.15) is 12.0 Å². The lowest BCUT2D eigenvalue weighted by atomic mass is 10.3. The molecule has 0 aromatic carbocycles. The third kappa shape index (κ3) is 2.36. The molecule has 0 atom stereocenters. The summed E-state index contributed by atoms with van der Waals surface area (Å²) in [6, 6.07) is 0. The molecule has 15 heavy (non-hydrogen) atoms. The first-order valence-electron chi connectivity index (χ1n) is 5.19. The Hall–Kier alpha value is -1.36. The van der Waals surface area contributed by atoms with Crippen LogP contribution in [0.3, 0.4) is 0 Å². The van der Waals surface area contributed by atoms with Gasteiger partial charge in [-0.2, -0.15) is 4.98 Å². The fourth-order valence-corrected chi connectivity index (χ4v) is 1.72. The van der Waals surface area contributed by atoms with E-state index in [2.05, 4.69) is 14.9 Å². The van der Waals surface area contributed by atoms with E-state index in [1.807, 2.05) is 6.92 Å². The maximum absolute atomic E-state index is 5.59. The summed E-state index contributed by atoms with van der Waals surface area (Å²) in [6.45, 7) is 5.43. The van der Waals surface area contributed by atoms with E-state index in [1.54, 1.807) is 6.20 Å². The number of anilines is 2. The molecular weight excluding hydrogens is 192 g/mol. The van der Waals surface area contributed by atoms with Gasteiger partial charge in [0.05, 0.1) is 6.61 Å². The molecule has 0 amide bonds. The second-order valence-electron chi connectivity index (χ2n) is 3.69. The third-order valence-electron chi connectivity index (χ3n) is 2.49. The van der Waals surface area contributed by atoms with Crippen molar-refractivity contribution < 1.29 is 4.74 Å². The number of aryl methyl sites for hydroxylation is 1. The molecule has 2 heterocycles. The van der Waals surface area contributed by atoms with Crippen LogP contribution in [0.25, 0.3) is 0 Å². The molecule has 5 heteroatoms. The maximum atomic E-state index is 5.59. The minimum absolute atomic E-state index is 0.334. The third-order valence-corrected chi connectivity index (χ3v) is 2.49. The van der Waals surface area contributed by atoms with Gasteiger partial charge in [0.2, 0.25) is 5.95 Å². The van der Waals surface area contributed by atoms with Crippen molar-refractivity contribution in [2.45, 2.75) is 13.3 Å². The largest absolute Gasteiger partial charge is 0.380 e. The van der Waals surface area contributed by atoms with E-state index in [-0.39, 0.29) is 0 Å². The average molecular weight is 208 g/mol. The number of hydrogen-bond acceptors (Lipinski definition) is 5. The number of ether oxygens (including phenoxy) is 1. The molecular formula is C10H16N4O. The Morgan fingerprint density at radius 2 is 2.27 bits per heavy atom.